The Bertz CT molecular complexity index is 139. The van der Waals surface area contributed by atoms with Crippen molar-refractivity contribution in [1.82, 2.24) is 0 Å². The molecule has 2 saturated carbocycles. The van der Waals surface area contributed by atoms with E-state index < -0.39 is 0 Å². The van der Waals surface area contributed by atoms with Crippen molar-refractivity contribution in [2.75, 3.05) is 0 Å². The van der Waals surface area contributed by atoms with Gasteiger partial charge in [-0.15, -0.1) is 0 Å². The summed E-state index contributed by atoms with van der Waals surface area (Å²) >= 11 is 0. The third-order valence-electron chi connectivity index (χ3n) is 4.07. The zero-order valence-corrected chi connectivity index (χ0v) is 7.19. The van der Waals surface area contributed by atoms with Crippen molar-refractivity contribution < 1.29 is 0 Å². The van der Waals surface area contributed by atoms with Gasteiger partial charge in [0.25, 0.3) is 0 Å². The molecular formula is C10H18. The van der Waals surface area contributed by atoms with Gasteiger partial charge in [0, 0.05) is 0 Å². The fraction of sp³-hybridized carbons (Fsp3) is 1.00. The van der Waals surface area contributed by atoms with Gasteiger partial charge in [-0.25, -0.2) is 0 Å². The molecule has 0 saturated heterocycles. The van der Waals surface area contributed by atoms with Crippen molar-refractivity contribution in [2.45, 2.75) is 46.0 Å². The normalized spacial score (nSPS) is 46.8. The lowest BCUT2D eigenvalue weighted by Crippen LogP contribution is -2.10. The van der Waals surface area contributed by atoms with Crippen molar-refractivity contribution in [3.63, 3.8) is 0 Å². The molecule has 0 bridgehead atoms. The maximum Gasteiger partial charge on any atom is -0.0241 e. The van der Waals surface area contributed by atoms with Gasteiger partial charge < -0.3 is 0 Å². The molecule has 0 heterocycles. The summed E-state index contributed by atoms with van der Waals surface area (Å²) in [6, 6.07) is 0. The summed E-state index contributed by atoms with van der Waals surface area (Å²) in [5, 5.41) is 0. The van der Waals surface area contributed by atoms with Gasteiger partial charge in [-0.05, 0) is 36.5 Å². The Balaban J connectivity index is 2.03. The van der Waals surface area contributed by atoms with E-state index in [1.165, 1.54) is 12.8 Å². The van der Waals surface area contributed by atoms with Crippen LogP contribution in [0.25, 0.3) is 0 Å². The first-order valence-electron chi connectivity index (χ1n) is 4.79. The van der Waals surface area contributed by atoms with E-state index in [0.717, 1.165) is 17.3 Å². The van der Waals surface area contributed by atoms with Gasteiger partial charge in [0.1, 0.15) is 0 Å². The molecule has 2 aliphatic rings. The Labute approximate surface area is 64.0 Å². The van der Waals surface area contributed by atoms with Crippen LogP contribution in [0.5, 0.6) is 0 Å². The number of rotatable bonds is 2. The van der Waals surface area contributed by atoms with Crippen molar-refractivity contribution in [1.29, 1.82) is 0 Å². The highest BCUT2D eigenvalue weighted by atomic mass is 14.6. The highest BCUT2D eigenvalue weighted by Crippen LogP contribution is 2.67. The quantitative estimate of drug-likeness (QED) is 0.549. The Hall–Kier alpha value is 0. The summed E-state index contributed by atoms with van der Waals surface area (Å²) in [7, 11) is 0. The summed E-state index contributed by atoms with van der Waals surface area (Å²) in [6.07, 6.45) is 7.59. The number of hydrogen-bond donors (Lipinski definition) is 0. The van der Waals surface area contributed by atoms with Gasteiger partial charge in [0.15, 0.2) is 0 Å². The molecule has 0 spiro atoms. The molecule has 58 valence electrons. The van der Waals surface area contributed by atoms with Crippen LogP contribution < -0.4 is 0 Å². The maximum absolute atomic E-state index is 2.45. The summed E-state index contributed by atoms with van der Waals surface area (Å²) in [5.41, 5.74) is 0.870. The van der Waals surface area contributed by atoms with E-state index in [4.69, 9.17) is 0 Å². The molecule has 2 aliphatic carbocycles. The predicted octanol–water partition coefficient (Wildman–Crippen LogP) is 3.22. The summed E-state index contributed by atoms with van der Waals surface area (Å²) in [4.78, 5) is 0. The van der Waals surface area contributed by atoms with Gasteiger partial charge in [-0.3, -0.25) is 0 Å². The average Bonchev–Trinajstić information content (AvgIpc) is 2.54. The Kier molecular flexibility index (Phi) is 1.33. The first kappa shape index (κ1) is 6.69. The van der Waals surface area contributed by atoms with E-state index in [0.29, 0.717) is 0 Å². The minimum atomic E-state index is 0.870. The van der Waals surface area contributed by atoms with Gasteiger partial charge in [0.2, 0.25) is 0 Å². The molecule has 0 aromatic carbocycles. The van der Waals surface area contributed by atoms with Crippen LogP contribution in [-0.4, -0.2) is 0 Å². The second-order valence-corrected chi connectivity index (χ2v) is 4.34. The van der Waals surface area contributed by atoms with Crippen molar-refractivity contribution in [3.8, 4) is 0 Å². The van der Waals surface area contributed by atoms with E-state index in [1.54, 1.807) is 19.3 Å². The van der Waals surface area contributed by atoms with Gasteiger partial charge in [0.05, 0.1) is 0 Å². The van der Waals surface area contributed by atoms with Gasteiger partial charge >= 0.3 is 0 Å². The van der Waals surface area contributed by atoms with Crippen molar-refractivity contribution in [2.24, 2.45) is 17.3 Å². The predicted molar refractivity (Wildman–Crippen MR) is 43.8 cm³/mol. The zero-order valence-electron chi connectivity index (χ0n) is 7.19. The summed E-state index contributed by atoms with van der Waals surface area (Å²) in [5.74, 6) is 2.17. The van der Waals surface area contributed by atoms with Gasteiger partial charge in [-0.1, -0.05) is 26.7 Å². The molecule has 10 heavy (non-hydrogen) atoms. The fourth-order valence-electron chi connectivity index (χ4n) is 3.03. The lowest BCUT2D eigenvalue weighted by atomic mass is 9.86. The first-order chi connectivity index (χ1) is 4.79. The SMILES string of the molecule is CCC(C)C12CCCC1C2. The topological polar surface area (TPSA) is 0 Å². The van der Waals surface area contributed by atoms with Crippen molar-refractivity contribution in [3.05, 3.63) is 0 Å². The fourth-order valence-corrected chi connectivity index (χ4v) is 3.03. The molecule has 0 amide bonds. The minimum Gasteiger partial charge on any atom is -0.0651 e. The molecule has 3 unspecified atom stereocenters. The highest BCUT2D eigenvalue weighted by Gasteiger charge is 2.58. The van der Waals surface area contributed by atoms with Crippen LogP contribution in [0, 0.1) is 17.3 Å². The molecule has 2 fully saturated rings. The maximum atomic E-state index is 2.45. The van der Waals surface area contributed by atoms with E-state index >= 15 is 0 Å². The molecule has 2 rings (SSSR count). The third kappa shape index (κ3) is 0.681. The molecular weight excluding hydrogens is 120 g/mol. The standard InChI is InChI=1S/C10H18/c1-3-8(2)10-6-4-5-9(10)7-10/h8-9H,3-7H2,1-2H3. The molecule has 0 aromatic rings. The first-order valence-corrected chi connectivity index (χ1v) is 4.79. The van der Waals surface area contributed by atoms with E-state index in [2.05, 4.69) is 13.8 Å². The number of fused-ring (bicyclic) bond motifs is 1. The number of hydrogen-bond acceptors (Lipinski definition) is 0. The molecule has 0 heteroatoms. The van der Waals surface area contributed by atoms with Gasteiger partial charge in [-0.2, -0.15) is 0 Å². The van der Waals surface area contributed by atoms with E-state index in [-0.39, 0.29) is 0 Å². The zero-order chi connectivity index (χ0) is 7.19. The highest BCUT2D eigenvalue weighted by molar-refractivity contribution is 5.08. The molecule has 0 radical (unpaired) electrons. The molecule has 0 aromatic heterocycles. The summed E-state index contributed by atoms with van der Waals surface area (Å²) in [6.45, 7) is 4.79. The molecule has 3 atom stereocenters. The average molecular weight is 138 g/mol. The lowest BCUT2D eigenvalue weighted by Gasteiger charge is -2.19. The lowest BCUT2D eigenvalue weighted by molar-refractivity contribution is 0.309. The van der Waals surface area contributed by atoms with Crippen LogP contribution in [-0.2, 0) is 0 Å². The third-order valence-corrected chi connectivity index (χ3v) is 4.07. The Morgan fingerprint density at radius 3 is 2.80 bits per heavy atom. The van der Waals surface area contributed by atoms with E-state index in [1.807, 2.05) is 0 Å². The molecule has 0 nitrogen and oxygen atoms in total. The second kappa shape index (κ2) is 1.99. The van der Waals surface area contributed by atoms with E-state index in [9.17, 15) is 0 Å². The van der Waals surface area contributed by atoms with Crippen LogP contribution in [0.4, 0.5) is 0 Å². The molecule has 0 aliphatic heterocycles. The largest absolute Gasteiger partial charge is 0.0651 e. The van der Waals surface area contributed by atoms with Crippen LogP contribution in [0.15, 0.2) is 0 Å². The van der Waals surface area contributed by atoms with Crippen LogP contribution in [0.1, 0.15) is 46.0 Å². The minimum absolute atomic E-state index is 0.870. The monoisotopic (exact) mass is 138 g/mol. The smallest absolute Gasteiger partial charge is 0.0241 e. The van der Waals surface area contributed by atoms with Crippen LogP contribution in [0.3, 0.4) is 0 Å². The second-order valence-electron chi connectivity index (χ2n) is 4.34. The van der Waals surface area contributed by atoms with Crippen molar-refractivity contribution >= 4 is 0 Å². The molecule has 0 N–H and O–H groups in total. The summed E-state index contributed by atoms with van der Waals surface area (Å²) < 4.78 is 0. The Morgan fingerprint density at radius 1 is 1.60 bits per heavy atom. The van der Waals surface area contributed by atoms with Crippen LogP contribution >= 0.6 is 0 Å². The Morgan fingerprint density at radius 2 is 2.40 bits per heavy atom. The van der Waals surface area contributed by atoms with Crippen LogP contribution in [0.2, 0.25) is 0 Å².